The Bertz CT molecular complexity index is 1610. The number of carbonyl (C=O) groups is 3. The summed E-state index contributed by atoms with van der Waals surface area (Å²) in [6, 6.07) is 9.79. The third kappa shape index (κ3) is 7.87. The number of hydrogen-bond donors (Lipinski definition) is 1. The minimum atomic E-state index is -5.92. The number of aliphatic carboxylic acids is 1. The van der Waals surface area contributed by atoms with Crippen LogP contribution in [0.25, 0.3) is 0 Å². The molecule has 1 heterocycles. The molecular weight excluding hydrogens is 632 g/mol. The van der Waals surface area contributed by atoms with Crippen LogP contribution in [0.1, 0.15) is 66.2 Å². The average molecular weight is 662 g/mol. The zero-order valence-corrected chi connectivity index (χ0v) is 24.9. The van der Waals surface area contributed by atoms with Crippen molar-refractivity contribution >= 4 is 17.9 Å². The lowest BCUT2D eigenvalue weighted by molar-refractivity contribution is -0.358. The molecule has 0 radical (unpaired) electrons. The Morgan fingerprint density at radius 1 is 0.848 bits per heavy atom. The number of carboxylic acids is 1. The zero-order valence-electron chi connectivity index (χ0n) is 24.9. The van der Waals surface area contributed by atoms with Gasteiger partial charge >= 0.3 is 36.0 Å². The summed E-state index contributed by atoms with van der Waals surface area (Å²) in [5.41, 5.74) is -7.01. The molecule has 0 spiro atoms. The summed E-state index contributed by atoms with van der Waals surface area (Å²) in [6.45, 7) is 3.81. The van der Waals surface area contributed by atoms with Gasteiger partial charge in [0.15, 0.2) is 18.0 Å². The van der Waals surface area contributed by atoms with E-state index in [9.17, 15) is 50.6 Å². The van der Waals surface area contributed by atoms with Gasteiger partial charge in [0, 0.05) is 6.54 Å². The highest BCUT2D eigenvalue weighted by Crippen LogP contribution is 2.45. The van der Waals surface area contributed by atoms with Gasteiger partial charge in [0.05, 0.1) is 17.7 Å². The van der Waals surface area contributed by atoms with Crippen LogP contribution >= 0.6 is 0 Å². The number of carboxylic acid groups (broad SMARTS) is 1. The van der Waals surface area contributed by atoms with Gasteiger partial charge in [0.25, 0.3) is 5.60 Å². The number of rotatable bonds is 12. The number of halogens is 6. The van der Waals surface area contributed by atoms with Crippen LogP contribution in [-0.2, 0) is 34.0 Å². The van der Waals surface area contributed by atoms with E-state index in [2.05, 4.69) is 9.84 Å². The number of benzene rings is 2. The molecule has 0 amide bonds. The van der Waals surface area contributed by atoms with Crippen molar-refractivity contribution in [1.29, 1.82) is 0 Å². The zero-order chi connectivity index (χ0) is 34.7. The Labute approximate surface area is 257 Å². The monoisotopic (exact) mass is 661 g/mol. The van der Waals surface area contributed by atoms with Gasteiger partial charge in [-0.25, -0.2) is 23.9 Å². The van der Waals surface area contributed by atoms with Crippen LogP contribution in [0.2, 0.25) is 0 Å². The normalized spacial score (nSPS) is 12.5. The van der Waals surface area contributed by atoms with Crippen molar-refractivity contribution in [3.05, 3.63) is 81.5 Å². The van der Waals surface area contributed by atoms with Gasteiger partial charge in [0.1, 0.15) is 5.75 Å². The van der Waals surface area contributed by atoms with Crippen LogP contribution < -0.4 is 10.4 Å². The predicted molar refractivity (Wildman–Crippen MR) is 146 cm³/mol. The number of nitrogens with zero attached hydrogens (tertiary/aromatic N) is 3. The van der Waals surface area contributed by atoms with Gasteiger partial charge in [-0.05, 0) is 69.2 Å². The summed E-state index contributed by atoms with van der Waals surface area (Å²) in [5.74, 6) is -3.54. The van der Waals surface area contributed by atoms with Crippen molar-refractivity contribution in [2.45, 2.75) is 77.4 Å². The van der Waals surface area contributed by atoms with Gasteiger partial charge in [0.2, 0.25) is 0 Å². The maximum atomic E-state index is 13.1. The van der Waals surface area contributed by atoms with Crippen LogP contribution in [0.4, 0.5) is 26.3 Å². The Morgan fingerprint density at radius 3 is 1.87 bits per heavy atom. The van der Waals surface area contributed by atoms with E-state index in [1.54, 1.807) is 6.92 Å². The molecule has 0 atom stereocenters. The highest BCUT2D eigenvalue weighted by atomic mass is 19.4. The molecule has 2 aromatic carbocycles. The molecular formula is C29H29F6N3O8. The molecule has 3 rings (SSSR count). The molecule has 0 saturated heterocycles. The quantitative estimate of drug-likeness (QED) is 0.207. The van der Waals surface area contributed by atoms with Crippen molar-refractivity contribution in [2.75, 3.05) is 0 Å². The number of alkyl halides is 6. The molecule has 0 aliphatic rings. The van der Waals surface area contributed by atoms with E-state index in [1.807, 2.05) is 0 Å². The summed E-state index contributed by atoms with van der Waals surface area (Å²) in [6.07, 6.45) is -11.3. The predicted octanol–water partition coefficient (Wildman–Crippen LogP) is 5.14. The fourth-order valence-electron chi connectivity index (χ4n) is 3.79. The Hall–Kier alpha value is -4.83. The van der Waals surface area contributed by atoms with Crippen LogP contribution in [0, 0.1) is 0 Å². The maximum absolute atomic E-state index is 13.1. The van der Waals surface area contributed by atoms with E-state index in [-0.39, 0.29) is 37.2 Å². The lowest BCUT2D eigenvalue weighted by Gasteiger charge is -2.33. The minimum Gasteiger partial charge on any atom is -0.478 e. The number of carbonyl (C=O) groups excluding carboxylic acids is 2. The minimum absolute atomic E-state index is 0.0853. The van der Waals surface area contributed by atoms with Crippen LogP contribution in [0.3, 0.4) is 0 Å². The third-order valence-electron chi connectivity index (χ3n) is 6.66. The highest BCUT2D eigenvalue weighted by molar-refractivity contribution is 5.90. The van der Waals surface area contributed by atoms with Crippen molar-refractivity contribution in [3.63, 3.8) is 0 Å². The standard InChI is InChI=1S/C29H29F6N3O8/c1-5-14-37-21(16-44-22(39)18-10-12-20(13-11-18)45-26(2,3)24(41)42)36-38(25(37)43)15-17-6-8-19(9-7-17)23(40)46-27(4,28(30,31)32)29(33,34)35/h6-13H,5,14-16H2,1-4H3,(H,41,42). The van der Waals surface area contributed by atoms with E-state index in [4.69, 9.17) is 9.47 Å². The topological polar surface area (TPSA) is 139 Å². The number of aromatic nitrogens is 3. The summed E-state index contributed by atoms with van der Waals surface area (Å²) in [5, 5.41) is 13.4. The lowest BCUT2D eigenvalue weighted by atomic mass is 10.1. The molecule has 11 nitrogen and oxygen atoms in total. The Morgan fingerprint density at radius 2 is 1.37 bits per heavy atom. The number of esters is 2. The fourth-order valence-corrected chi connectivity index (χ4v) is 3.79. The third-order valence-corrected chi connectivity index (χ3v) is 6.66. The summed E-state index contributed by atoms with van der Waals surface area (Å²) in [4.78, 5) is 49.0. The molecule has 0 unspecified atom stereocenters. The molecule has 0 bridgehead atoms. The molecule has 0 fully saturated rings. The van der Waals surface area contributed by atoms with Crippen molar-refractivity contribution in [1.82, 2.24) is 14.3 Å². The van der Waals surface area contributed by atoms with Crippen LogP contribution in [0.15, 0.2) is 53.3 Å². The first-order valence-electron chi connectivity index (χ1n) is 13.5. The summed E-state index contributed by atoms with van der Waals surface area (Å²) in [7, 11) is 0. The van der Waals surface area contributed by atoms with Gasteiger partial charge in [-0.2, -0.15) is 31.4 Å². The molecule has 1 N–H and O–H groups in total. The fraction of sp³-hybridized carbons (Fsp3) is 0.414. The Kier molecular flexibility index (Phi) is 10.3. The first-order valence-corrected chi connectivity index (χ1v) is 13.5. The second-order valence-electron chi connectivity index (χ2n) is 10.6. The molecule has 46 heavy (non-hydrogen) atoms. The van der Waals surface area contributed by atoms with Gasteiger partial charge in [-0.15, -0.1) is 0 Å². The van der Waals surface area contributed by atoms with Crippen molar-refractivity contribution in [2.24, 2.45) is 0 Å². The Balaban J connectivity index is 1.72. The lowest BCUT2D eigenvalue weighted by Crippen LogP contribution is -2.57. The van der Waals surface area contributed by atoms with Crippen molar-refractivity contribution < 1.29 is 60.0 Å². The maximum Gasteiger partial charge on any atom is 0.437 e. The SMILES string of the molecule is CCCn1c(COC(=O)c2ccc(OC(C)(C)C(=O)O)cc2)nn(Cc2ccc(C(=O)OC(C)(C(F)(F)F)C(F)(F)F)cc2)c1=O. The first-order chi connectivity index (χ1) is 21.2. The molecule has 0 saturated carbocycles. The smallest absolute Gasteiger partial charge is 0.437 e. The summed E-state index contributed by atoms with van der Waals surface area (Å²) < 4.78 is 95.4. The van der Waals surface area contributed by atoms with Gasteiger partial charge < -0.3 is 19.3 Å². The van der Waals surface area contributed by atoms with Gasteiger partial charge in [-0.3, -0.25) is 4.57 Å². The van der Waals surface area contributed by atoms with E-state index in [0.717, 1.165) is 16.8 Å². The molecule has 3 aromatic rings. The second-order valence-corrected chi connectivity index (χ2v) is 10.6. The van der Waals surface area contributed by atoms with E-state index in [0.29, 0.717) is 12.0 Å². The van der Waals surface area contributed by atoms with E-state index >= 15 is 0 Å². The van der Waals surface area contributed by atoms with Crippen LogP contribution in [0.5, 0.6) is 5.75 Å². The first kappa shape index (κ1) is 35.6. The van der Waals surface area contributed by atoms with E-state index < -0.39 is 59.3 Å². The number of ether oxygens (including phenoxy) is 3. The molecule has 1 aromatic heterocycles. The molecule has 0 aliphatic heterocycles. The van der Waals surface area contributed by atoms with Crippen LogP contribution in [-0.4, -0.2) is 60.9 Å². The second kappa shape index (κ2) is 13.3. The molecule has 17 heteroatoms. The highest BCUT2D eigenvalue weighted by Gasteiger charge is 2.71. The van der Waals surface area contributed by atoms with Crippen molar-refractivity contribution in [3.8, 4) is 5.75 Å². The average Bonchev–Trinajstić information content (AvgIpc) is 3.24. The summed E-state index contributed by atoms with van der Waals surface area (Å²) >= 11 is 0. The van der Waals surface area contributed by atoms with Gasteiger partial charge in [-0.1, -0.05) is 19.1 Å². The largest absolute Gasteiger partial charge is 0.478 e. The molecule has 0 aliphatic carbocycles. The van der Waals surface area contributed by atoms with E-state index in [1.165, 1.54) is 54.8 Å². The molecule has 250 valence electrons. The number of hydrogen-bond acceptors (Lipinski definition) is 8.